The van der Waals surface area contributed by atoms with Crippen molar-refractivity contribution in [3.8, 4) is 0 Å². The van der Waals surface area contributed by atoms with E-state index in [0.29, 0.717) is 12.0 Å². The number of aromatic nitrogens is 2. The van der Waals surface area contributed by atoms with Crippen LogP contribution < -0.4 is 5.32 Å². The molecular weight excluding hydrogens is 218 g/mol. The molecule has 1 saturated heterocycles. The Balaban J connectivity index is 1.59. The molecule has 1 aliphatic carbocycles. The topological polar surface area (TPSA) is 60.2 Å². The van der Waals surface area contributed by atoms with Gasteiger partial charge in [-0.3, -0.25) is 0 Å². The van der Waals surface area contributed by atoms with Gasteiger partial charge in [-0.2, -0.15) is 4.98 Å². The molecule has 1 saturated carbocycles. The lowest BCUT2D eigenvalue weighted by Crippen LogP contribution is -2.42. The molecule has 1 aliphatic heterocycles. The first-order chi connectivity index (χ1) is 8.42. The van der Waals surface area contributed by atoms with Gasteiger partial charge in [0.15, 0.2) is 5.82 Å². The standard InChI is InChI=1S/C12H19N3O2/c1-2-4-9(3-1)12-14-11(17-15-12)7-10-8-16-6-5-13-10/h9-10,13H,1-8H2. The molecule has 2 aliphatic rings. The van der Waals surface area contributed by atoms with Crippen molar-refractivity contribution < 1.29 is 9.26 Å². The molecule has 3 rings (SSSR count). The summed E-state index contributed by atoms with van der Waals surface area (Å²) in [4.78, 5) is 4.51. The van der Waals surface area contributed by atoms with Gasteiger partial charge in [0.2, 0.25) is 5.89 Å². The van der Waals surface area contributed by atoms with Crippen LogP contribution in [0.25, 0.3) is 0 Å². The zero-order valence-corrected chi connectivity index (χ0v) is 10.0. The SMILES string of the molecule is C1CCC(c2noc(CC3COCCN3)n2)C1. The summed E-state index contributed by atoms with van der Waals surface area (Å²) in [7, 11) is 0. The van der Waals surface area contributed by atoms with Crippen molar-refractivity contribution in [2.45, 2.75) is 44.1 Å². The van der Waals surface area contributed by atoms with Crippen LogP contribution in [-0.2, 0) is 11.2 Å². The van der Waals surface area contributed by atoms with Gasteiger partial charge < -0.3 is 14.6 Å². The van der Waals surface area contributed by atoms with Crippen LogP contribution in [0.4, 0.5) is 0 Å². The summed E-state index contributed by atoms with van der Waals surface area (Å²) in [6, 6.07) is 0.320. The minimum atomic E-state index is 0.320. The summed E-state index contributed by atoms with van der Waals surface area (Å²) in [5.41, 5.74) is 0. The molecule has 0 spiro atoms. The van der Waals surface area contributed by atoms with Crippen molar-refractivity contribution >= 4 is 0 Å². The Morgan fingerprint density at radius 2 is 2.18 bits per heavy atom. The summed E-state index contributed by atoms with van der Waals surface area (Å²) in [6.07, 6.45) is 5.80. The minimum absolute atomic E-state index is 0.320. The predicted octanol–water partition coefficient (Wildman–Crippen LogP) is 1.26. The van der Waals surface area contributed by atoms with Gasteiger partial charge in [-0.1, -0.05) is 18.0 Å². The largest absolute Gasteiger partial charge is 0.378 e. The van der Waals surface area contributed by atoms with Gasteiger partial charge in [0.05, 0.1) is 13.2 Å². The molecule has 0 aromatic carbocycles. The molecule has 1 atom stereocenters. The molecule has 2 fully saturated rings. The normalized spacial score (nSPS) is 26.5. The molecule has 5 nitrogen and oxygen atoms in total. The molecule has 1 unspecified atom stereocenters. The highest BCUT2D eigenvalue weighted by Gasteiger charge is 2.23. The molecule has 5 heteroatoms. The summed E-state index contributed by atoms with van der Waals surface area (Å²) in [5.74, 6) is 2.19. The molecule has 2 heterocycles. The van der Waals surface area contributed by atoms with Gasteiger partial charge in [-0.05, 0) is 12.8 Å². The lowest BCUT2D eigenvalue weighted by molar-refractivity contribution is 0.0744. The lowest BCUT2D eigenvalue weighted by Gasteiger charge is -2.22. The number of hydrogen-bond acceptors (Lipinski definition) is 5. The van der Waals surface area contributed by atoms with Gasteiger partial charge in [0.25, 0.3) is 0 Å². The molecule has 0 radical (unpaired) electrons. The highest BCUT2D eigenvalue weighted by atomic mass is 16.5. The van der Waals surface area contributed by atoms with Gasteiger partial charge >= 0.3 is 0 Å². The average Bonchev–Trinajstić information content (AvgIpc) is 3.00. The molecule has 1 aromatic rings. The molecule has 0 amide bonds. The fourth-order valence-corrected chi connectivity index (χ4v) is 2.66. The van der Waals surface area contributed by atoms with E-state index >= 15 is 0 Å². The second-order valence-corrected chi connectivity index (χ2v) is 4.96. The Morgan fingerprint density at radius 1 is 1.29 bits per heavy atom. The highest BCUT2D eigenvalue weighted by Crippen LogP contribution is 2.32. The maximum Gasteiger partial charge on any atom is 0.228 e. The van der Waals surface area contributed by atoms with Crippen molar-refractivity contribution in [1.82, 2.24) is 15.5 Å². The number of nitrogens with one attached hydrogen (secondary N) is 1. The Morgan fingerprint density at radius 3 is 2.94 bits per heavy atom. The van der Waals surface area contributed by atoms with E-state index in [2.05, 4.69) is 15.5 Å². The number of ether oxygens (including phenoxy) is 1. The summed E-state index contributed by atoms with van der Waals surface area (Å²) in [6.45, 7) is 2.45. The lowest BCUT2D eigenvalue weighted by atomic mass is 10.1. The molecule has 94 valence electrons. The highest BCUT2D eigenvalue weighted by molar-refractivity contribution is 4.99. The number of hydrogen-bond donors (Lipinski definition) is 1. The van der Waals surface area contributed by atoms with Crippen LogP contribution in [0.2, 0.25) is 0 Å². The van der Waals surface area contributed by atoms with Crippen molar-refractivity contribution in [3.63, 3.8) is 0 Å². The van der Waals surface area contributed by atoms with Crippen molar-refractivity contribution in [2.75, 3.05) is 19.8 Å². The quantitative estimate of drug-likeness (QED) is 0.857. The maximum absolute atomic E-state index is 5.41. The smallest absolute Gasteiger partial charge is 0.228 e. The number of nitrogens with zero attached hydrogens (tertiary/aromatic N) is 2. The first-order valence-electron chi connectivity index (χ1n) is 6.55. The van der Waals surface area contributed by atoms with Crippen LogP contribution in [0.5, 0.6) is 0 Å². The summed E-state index contributed by atoms with van der Waals surface area (Å²) in [5, 5.41) is 7.50. The zero-order chi connectivity index (χ0) is 11.5. The third-order valence-corrected chi connectivity index (χ3v) is 3.62. The van der Waals surface area contributed by atoms with Crippen molar-refractivity contribution in [3.05, 3.63) is 11.7 Å². The third kappa shape index (κ3) is 2.66. The van der Waals surface area contributed by atoms with Crippen LogP contribution in [0.15, 0.2) is 4.52 Å². The van der Waals surface area contributed by atoms with Gasteiger partial charge in [0.1, 0.15) is 0 Å². The van der Waals surface area contributed by atoms with Crippen molar-refractivity contribution in [1.29, 1.82) is 0 Å². The van der Waals surface area contributed by atoms with Gasteiger partial charge in [-0.15, -0.1) is 0 Å². The van der Waals surface area contributed by atoms with Gasteiger partial charge in [0, 0.05) is 24.9 Å². The Kier molecular flexibility index (Phi) is 3.38. The van der Waals surface area contributed by atoms with E-state index in [1.807, 2.05) is 0 Å². The van der Waals surface area contributed by atoms with E-state index in [4.69, 9.17) is 9.26 Å². The second kappa shape index (κ2) is 5.14. The molecule has 17 heavy (non-hydrogen) atoms. The Hall–Kier alpha value is -0.940. The Bertz CT molecular complexity index is 354. The van der Waals surface area contributed by atoms with E-state index in [1.54, 1.807) is 0 Å². The van der Waals surface area contributed by atoms with E-state index in [1.165, 1.54) is 25.7 Å². The minimum Gasteiger partial charge on any atom is -0.378 e. The van der Waals surface area contributed by atoms with E-state index in [-0.39, 0.29) is 0 Å². The Labute approximate surface area is 101 Å². The van der Waals surface area contributed by atoms with E-state index in [9.17, 15) is 0 Å². The van der Waals surface area contributed by atoms with Gasteiger partial charge in [-0.25, -0.2) is 0 Å². The first kappa shape index (κ1) is 11.2. The summed E-state index contributed by atoms with van der Waals surface area (Å²) < 4.78 is 10.7. The van der Waals surface area contributed by atoms with Crippen LogP contribution in [0, 0.1) is 0 Å². The van der Waals surface area contributed by atoms with E-state index < -0.39 is 0 Å². The van der Waals surface area contributed by atoms with Crippen LogP contribution in [0.1, 0.15) is 43.3 Å². The number of morpholine rings is 1. The van der Waals surface area contributed by atoms with Crippen LogP contribution in [-0.4, -0.2) is 35.9 Å². The van der Waals surface area contributed by atoms with E-state index in [0.717, 1.165) is 37.9 Å². The number of rotatable bonds is 3. The average molecular weight is 237 g/mol. The van der Waals surface area contributed by atoms with Crippen molar-refractivity contribution in [2.24, 2.45) is 0 Å². The van der Waals surface area contributed by atoms with Crippen LogP contribution in [0.3, 0.4) is 0 Å². The van der Waals surface area contributed by atoms with Crippen LogP contribution >= 0.6 is 0 Å². The molecule has 1 aromatic heterocycles. The fraction of sp³-hybridized carbons (Fsp3) is 0.833. The second-order valence-electron chi connectivity index (χ2n) is 4.96. The zero-order valence-electron chi connectivity index (χ0n) is 10.0. The molecule has 0 bridgehead atoms. The maximum atomic E-state index is 5.41. The molecular formula is C12H19N3O2. The predicted molar refractivity (Wildman–Crippen MR) is 61.8 cm³/mol. The third-order valence-electron chi connectivity index (χ3n) is 3.62. The fourth-order valence-electron chi connectivity index (χ4n) is 2.66. The first-order valence-corrected chi connectivity index (χ1v) is 6.55. The molecule has 1 N–H and O–H groups in total. The summed E-state index contributed by atoms with van der Waals surface area (Å²) >= 11 is 0. The monoisotopic (exact) mass is 237 g/mol.